The van der Waals surface area contributed by atoms with Crippen molar-refractivity contribution >= 4 is 39.4 Å². The van der Waals surface area contributed by atoms with Gasteiger partial charge in [-0.1, -0.05) is 22.0 Å². The van der Waals surface area contributed by atoms with Crippen molar-refractivity contribution in [2.24, 2.45) is 11.8 Å². The van der Waals surface area contributed by atoms with Gasteiger partial charge in [0, 0.05) is 23.6 Å². The lowest BCUT2D eigenvalue weighted by molar-refractivity contribution is -0.154. The molecule has 6 atom stereocenters. The largest absolute Gasteiger partial charge is 0.497 e. The van der Waals surface area contributed by atoms with Gasteiger partial charge in [0.15, 0.2) is 0 Å². The summed E-state index contributed by atoms with van der Waals surface area (Å²) in [6.07, 6.45) is 1.41. The molecule has 184 valence electrons. The van der Waals surface area contributed by atoms with Crippen LogP contribution in [-0.2, 0) is 23.9 Å². The molecule has 34 heavy (non-hydrogen) atoms. The second-order valence-corrected chi connectivity index (χ2v) is 9.78. The number of methoxy groups -OCH3 is 1. The van der Waals surface area contributed by atoms with E-state index in [1.54, 1.807) is 44.4 Å². The second kappa shape index (κ2) is 9.67. The number of alkyl halides is 1. The van der Waals surface area contributed by atoms with Gasteiger partial charge >= 0.3 is 5.97 Å². The fourth-order valence-electron chi connectivity index (χ4n) is 5.63. The van der Waals surface area contributed by atoms with Crippen molar-refractivity contribution in [1.82, 2.24) is 4.90 Å². The number of benzene rings is 1. The Morgan fingerprint density at radius 1 is 1.38 bits per heavy atom. The summed E-state index contributed by atoms with van der Waals surface area (Å²) in [6, 6.07) is 5.99. The molecule has 10 heteroatoms. The maximum Gasteiger partial charge on any atom is 0.312 e. The predicted molar refractivity (Wildman–Crippen MR) is 127 cm³/mol. The zero-order valence-corrected chi connectivity index (χ0v) is 20.8. The molecule has 0 radical (unpaired) electrons. The summed E-state index contributed by atoms with van der Waals surface area (Å²) in [5.74, 6) is -2.28. The number of esters is 1. The van der Waals surface area contributed by atoms with Crippen molar-refractivity contribution in [2.75, 3.05) is 38.3 Å². The Hall–Kier alpha value is -2.43. The van der Waals surface area contributed by atoms with E-state index in [0.717, 1.165) is 0 Å². The number of aliphatic hydroxyl groups excluding tert-OH is 1. The molecule has 4 rings (SSSR count). The standard InChI is InChI=1S/C24H29BrN2O7/c1-4-10-26(14-6-8-15(32-3)9-7-14)22(30)20-24-13-16(25)19(34-24)17(23(31)33-5-2)18(24)21(29)27(20)11-12-28/h4,6-9,16-20,28H,1,5,10-13H2,2-3H3/t16?,17-,18+,19-,20-,24+/m0/s1. The molecule has 3 aliphatic heterocycles. The normalized spacial score (nSPS) is 31.4. The smallest absolute Gasteiger partial charge is 0.312 e. The van der Waals surface area contributed by atoms with Crippen LogP contribution in [0.2, 0.25) is 0 Å². The Kier molecular flexibility index (Phi) is 7.02. The zero-order chi connectivity index (χ0) is 24.6. The first-order valence-corrected chi connectivity index (χ1v) is 12.2. The van der Waals surface area contributed by atoms with Gasteiger partial charge in [0.25, 0.3) is 5.91 Å². The molecule has 0 aliphatic carbocycles. The number of rotatable bonds is 9. The van der Waals surface area contributed by atoms with Gasteiger partial charge in [0.1, 0.15) is 17.4 Å². The lowest BCUT2D eigenvalue weighted by Gasteiger charge is -2.37. The zero-order valence-electron chi connectivity index (χ0n) is 19.2. The van der Waals surface area contributed by atoms with Crippen LogP contribution in [0.4, 0.5) is 5.69 Å². The summed E-state index contributed by atoms with van der Waals surface area (Å²) in [7, 11) is 1.56. The van der Waals surface area contributed by atoms with E-state index in [4.69, 9.17) is 14.2 Å². The van der Waals surface area contributed by atoms with Crippen LogP contribution < -0.4 is 9.64 Å². The molecule has 1 aromatic rings. The molecule has 3 aliphatic rings. The minimum atomic E-state index is -1.20. The number of carbonyl (C=O) groups excluding carboxylic acids is 3. The van der Waals surface area contributed by atoms with E-state index in [1.807, 2.05) is 0 Å². The van der Waals surface area contributed by atoms with Gasteiger partial charge in [-0.05, 0) is 37.6 Å². The molecule has 9 nitrogen and oxygen atoms in total. The van der Waals surface area contributed by atoms with E-state index in [2.05, 4.69) is 22.5 Å². The lowest BCUT2D eigenvalue weighted by atomic mass is 9.70. The lowest BCUT2D eigenvalue weighted by Crippen LogP contribution is -2.57. The minimum absolute atomic E-state index is 0.0471. The van der Waals surface area contributed by atoms with Crippen LogP contribution in [0.3, 0.4) is 0 Å². The third kappa shape index (κ3) is 3.72. The maximum atomic E-state index is 14.1. The molecular formula is C24H29BrN2O7. The highest BCUT2D eigenvalue weighted by atomic mass is 79.9. The number of anilines is 1. The third-order valence-corrected chi connectivity index (χ3v) is 7.73. The number of ether oxygens (including phenoxy) is 3. The van der Waals surface area contributed by atoms with Crippen LogP contribution in [0, 0.1) is 11.8 Å². The van der Waals surface area contributed by atoms with Gasteiger partial charge in [0.2, 0.25) is 5.91 Å². The summed E-state index contributed by atoms with van der Waals surface area (Å²) >= 11 is 3.60. The number of β-amino-alcohol motifs (C(OH)–C–C–N with tert-alkyl or cyclic N) is 1. The highest BCUT2D eigenvalue weighted by Crippen LogP contribution is 2.60. The van der Waals surface area contributed by atoms with Crippen LogP contribution in [0.15, 0.2) is 36.9 Å². The number of likely N-dealkylation sites (tertiary alicyclic amines) is 1. The number of carbonyl (C=O) groups is 3. The van der Waals surface area contributed by atoms with Crippen molar-refractivity contribution in [1.29, 1.82) is 0 Å². The fraction of sp³-hybridized carbons (Fsp3) is 0.542. The maximum absolute atomic E-state index is 14.1. The number of halogens is 1. The number of aliphatic hydroxyl groups is 1. The van der Waals surface area contributed by atoms with Crippen LogP contribution >= 0.6 is 15.9 Å². The summed E-state index contributed by atoms with van der Waals surface area (Å²) in [5, 5.41) is 9.71. The molecule has 3 fully saturated rings. The molecule has 3 heterocycles. The van der Waals surface area contributed by atoms with Crippen molar-refractivity contribution < 1.29 is 33.7 Å². The summed E-state index contributed by atoms with van der Waals surface area (Å²) in [4.78, 5) is 43.3. The number of hydrogen-bond donors (Lipinski definition) is 1. The average Bonchev–Trinajstić information content (AvgIpc) is 3.41. The first-order chi connectivity index (χ1) is 16.3. The first-order valence-electron chi connectivity index (χ1n) is 11.3. The quantitative estimate of drug-likeness (QED) is 0.289. The number of nitrogens with zero attached hydrogens (tertiary/aromatic N) is 2. The number of fused-ring (bicyclic) bond motifs is 1. The van der Waals surface area contributed by atoms with E-state index in [-0.39, 0.29) is 42.9 Å². The SMILES string of the molecule is C=CCN(C(=O)[C@@H]1N(CCO)C(=O)[C@H]2[C@H](C(=O)OCC)[C@H]3O[C@@]12CC3Br)c1ccc(OC)cc1. The van der Waals surface area contributed by atoms with E-state index in [0.29, 0.717) is 17.9 Å². The highest BCUT2D eigenvalue weighted by Gasteiger charge is 2.77. The van der Waals surface area contributed by atoms with Crippen molar-refractivity contribution in [3.63, 3.8) is 0 Å². The van der Waals surface area contributed by atoms with Crippen molar-refractivity contribution in [3.8, 4) is 5.75 Å². The minimum Gasteiger partial charge on any atom is -0.497 e. The van der Waals surface area contributed by atoms with Crippen LogP contribution in [0.1, 0.15) is 13.3 Å². The molecule has 1 aromatic carbocycles. The fourth-order valence-corrected chi connectivity index (χ4v) is 6.57. The van der Waals surface area contributed by atoms with E-state index in [9.17, 15) is 19.5 Å². The van der Waals surface area contributed by atoms with Gasteiger partial charge in [-0.25, -0.2) is 0 Å². The Morgan fingerprint density at radius 2 is 2.09 bits per heavy atom. The highest BCUT2D eigenvalue weighted by molar-refractivity contribution is 9.09. The molecule has 2 bridgehead atoms. The number of hydrogen-bond acceptors (Lipinski definition) is 7. The molecule has 1 N–H and O–H groups in total. The van der Waals surface area contributed by atoms with E-state index >= 15 is 0 Å². The Bertz CT molecular complexity index is 971. The topological polar surface area (TPSA) is 106 Å². The van der Waals surface area contributed by atoms with Gasteiger partial charge in [-0.3, -0.25) is 14.4 Å². The van der Waals surface area contributed by atoms with Gasteiger partial charge in [-0.15, -0.1) is 6.58 Å². The molecule has 2 amide bonds. The van der Waals surface area contributed by atoms with Gasteiger partial charge in [-0.2, -0.15) is 0 Å². The Morgan fingerprint density at radius 3 is 2.68 bits per heavy atom. The molecule has 1 spiro atoms. The van der Waals surface area contributed by atoms with Crippen LogP contribution in [0.5, 0.6) is 5.75 Å². The molecule has 0 saturated carbocycles. The van der Waals surface area contributed by atoms with E-state index < -0.39 is 35.6 Å². The second-order valence-electron chi connectivity index (χ2n) is 8.61. The van der Waals surface area contributed by atoms with Crippen LogP contribution in [0.25, 0.3) is 0 Å². The molecule has 1 unspecified atom stereocenters. The van der Waals surface area contributed by atoms with Crippen molar-refractivity contribution in [3.05, 3.63) is 36.9 Å². The number of amides is 2. The first kappa shape index (κ1) is 24.7. The molecular weight excluding hydrogens is 508 g/mol. The Balaban J connectivity index is 1.76. The van der Waals surface area contributed by atoms with Crippen LogP contribution in [-0.4, -0.2) is 83.8 Å². The average molecular weight is 537 g/mol. The van der Waals surface area contributed by atoms with Crippen molar-refractivity contribution in [2.45, 2.75) is 35.9 Å². The summed E-state index contributed by atoms with van der Waals surface area (Å²) in [5.41, 5.74) is -0.599. The van der Waals surface area contributed by atoms with Gasteiger partial charge < -0.3 is 29.1 Å². The predicted octanol–water partition coefficient (Wildman–Crippen LogP) is 1.52. The third-order valence-electron chi connectivity index (χ3n) is 6.88. The van der Waals surface area contributed by atoms with Gasteiger partial charge in [0.05, 0.1) is 38.3 Å². The Labute approximate surface area is 206 Å². The molecule has 3 saturated heterocycles. The summed E-state index contributed by atoms with van der Waals surface area (Å²) < 4.78 is 16.9. The molecule has 0 aromatic heterocycles. The van der Waals surface area contributed by atoms with E-state index in [1.165, 1.54) is 9.80 Å². The summed E-state index contributed by atoms with van der Waals surface area (Å²) in [6.45, 7) is 5.49. The monoisotopic (exact) mass is 536 g/mol.